The molecule has 2 amide bonds. The Morgan fingerprint density at radius 3 is 2.23 bits per heavy atom. The van der Waals surface area contributed by atoms with Crippen LogP contribution >= 0.6 is 0 Å². The lowest BCUT2D eigenvalue weighted by Gasteiger charge is -2.06. The molecule has 0 saturated heterocycles. The van der Waals surface area contributed by atoms with Crippen molar-refractivity contribution in [1.82, 2.24) is 5.43 Å². The van der Waals surface area contributed by atoms with E-state index < -0.39 is 11.8 Å². The van der Waals surface area contributed by atoms with Crippen molar-refractivity contribution in [3.05, 3.63) is 65.2 Å². The van der Waals surface area contributed by atoms with Crippen molar-refractivity contribution in [1.29, 1.82) is 0 Å². The predicted octanol–water partition coefficient (Wildman–Crippen LogP) is 2.39. The normalized spacial score (nSPS) is 10.5. The molecule has 112 valence electrons. The number of aryl methyl sites for hydroxylation is 2. The molecule has 0 saturated carbocycles. The molecule has 22 heavy (non-hydrogen) atoms. The molecular formula is C17H17N3O2. The summed E-state index contributed by atoms with van der Waals surface area (Å²) >= 11 is 0. The minimum absolute atomic E-state index is 0.588. The SMILES string of the molecule is Cc1cc(C)cc(NC(=O)C(=O)N/N=C\c2ccccc2)c1. The number of nitrogens with zero attached hydrogens (tertiary/aromatic N) is 1. The Hall–Kier alpha value is -2.95. The second kappa shape index (κ2) is 7.17. The van der Waals surface area contributed by atoms with Crippen molar-refractivity contribution < 1.29 is 9.59 Å². The number of carbonyl (C=O) groups is 2. The maximum atomic E-state index is 11.8. The summed E-state index contributed by atoms with van der Waals surface area (Å²) in [4.78, 5) is 23.5. The molecule has 0 aliphatic heterocycles. The number of rotatable bonds is 3. The van der Waals surface area contributed by atoms with Crippen LogP contribution in [0.4, 0.5) is 5.69 Å². The summed E-state index contributed by atoms with van der Waals surface area (Å²) in [6.45, 7) is 3.85. The van der Waals surface area contributed by atoms with Gasteiger partial charge in [-0.1, -0.05) is 36.4 Å². The van der Waals surface area contributed by atoms with Crippen molar-refractivity contribution in [3.63, 3.8) is 0 Å². The highest BCUT2D eigenvalue weighted by atomic mass is 16.2. The molecule has 5 nitrogen and oxygen atoms in total. The van der Waals surface area contributed by atoms with Gasteiger partial charge in [0, 0.05) is 5.69 Å². The summed E-state index contributed by atoms with van der Waals surface area (Å²) in [6.07, 6.45) is 1.47. The van der Waals surface area contributed by atoms with E-state index in [4.69, 9.17) is 0 Å². The molecule has 0 heterocycles. The Morgan fingerprint density at radius 1 is 0.955 bits per heavy atom. The summed E-state index contributed by atoms with van der Waals surface area (Å²) in [7, 11) is 0. The van der Waals surface area contributed by atoms with Crippen LogP contribution in [0.25, 0.3) is 0 Å². The molecule has 0 fully saturated rings. The lowest BCUT2D eigenvalue weighted by atomic mass is 10.1. The van der Waals surface area contributed by atoms with Gasteiger partial charge in [-0.25, -0.2) is 5.43 Å². The molecule has 0 atom stereocenters. The van der Waals surface area contributed by atoms with Gasteiger partial charge in [0.15, 0.2) is 0 Å². The molecule has 0 aliphatic rings. The van der Waals surface area contributed by atoms with Crippen LogP contribution in [0.1, 0.15) is 16.7 Å². The quantitative estimate of drug-likeness (QED) is 0.518. The van der Waals surface area contributed by atoms with Crippen LogP contribution in [0.5, 0.6) is 0 Å². The summed E-state index contributed by atoms with van der Waals surface area (Å²) in [5.41, 5.74) is 5.64. The Morgan fingerprint density at radius 2 is 1.59 bits per heavy atom. The number of nitrogens with one attached hydrogen (secondary N) is 2. The first-order valence-electron chi connectivity index (χ1n) is 6.82. The molecule has 0 bridgehead atoms. The van der Waals surface area contributed by atoms with Gasteiger partial charge in [0.25, 0.3) is 0 Å². The summed E-state index contributed by atoms with van der Waals surface area (Å²) in [5.74, 6) is -1.57. The zero-order valence-corrected chi connectivity index (χ0v) is 12.5. The Bertz CT molecular complexity index is 689. The molecule has 2 N–H and O–H groups in total. The minimum atomic E-state index is -0.814. The van der Waals surface area contributed by atoms with Crippen molar-refractivity contribution in [2.45, 2.75) is 13.8 Å². The van der Waals surface area contributed by atoms with Gasteiger partial charge in [-0.15, -0.1) is 0 Å². The molecule has 0 radical (unpaired) electrons. The van der Waals surface area contributed by atoms with Crippen LogP contribution in [0.15, 0.2) is 53.6 Å². The van der Waals surface area contributed by atoms with Gasteiger partial charge in [0.1, 0.15) is 0 Å². The monoisotopic (exact) mass is 295 g/mol. The highest BCUT2D eigenvalue weighted by molar-refractivity contribution is 6.39. The third kappa shape index (κ3) is 4.56. The molecular weight excluding hydrogens is 278 g/mol. The second-order valence-corrected chi connectivity index (χ2v) is 4.94. The van der Waals surface area contributed by atoms with Crippen LogP contribution < -0.4 is 10.7 Å². The van der Waals surface area contributed by atoms with E-state index in [1.54, 1.807) is 12.1 Å². The molecule has 0 spiro atoms. The maximum Gasteiger partial charge on any atom is 0.329 e. The predicted molar refractivity (Wildman–Crippen MR) is 86.7 cm³/mol. The number of anilines is 1. The van der Waals surface area contributed by atoms with Crippen molar-refractivity contribution in [2.24, 2.45) is 5.10 Å². The van der Waals surface area contributed by atoms with E-state index in [0.29, 0.717) is 5.69 Å². The average molecular weight is 295 g/mol. The summed E-state index contributed by atoms with van der Waals surface area (Å²) < 4.78 is 0. The van der Waals surface area contributed by atoms with E-state index in [2.05, 4.69) is 15.8 Å². The summed E-state index contributed by atoms with van der Waals surface area (Å²) in [6, 6.07) is 14.9. The van der Waals surface area contributed by atoms with Gasteiger partial charge < -0.3 is 5.32 Å². The lowest BCUT2D eigenvalue weighted by Crippen LogP contribution is -2.32. The summed E-state index contributed by atoms with van der Waals surface area (Å²) in [5, 5.41) is 6.30. The molecule has 0 aliphatic carbocycles. The van der Waals surface area contributed by atoms with Gasteiger partial charge in [-0.2, -0.15) is 5.10 Å². The molecule has 5 heteroatoms. The van der Waals surface area contributed by atoms with E-state index in [9.17, 15) is 9.59 Å². The highest BCUT2D eigenvalue weighted by Crippen LogP contribution is 2.13. The first-order valence-corrected chi connectivity index (χ1v) is 6.82. The molecule has 0 unspecified atom stereocenters. The number of amides is 2. The van der Waals surface area contributed by atoms with Crippen LogP contribution in [-0.4, -0.2) is 18.0 Å². The first-order chi connectivity index (χ1) is 10.5. The largest absolute Gasteiger partial charge is 0.329 e. The van der Waals surface area contributed by atoms with Crippen LogP contribution in [0, 0.1) is 13.8 Å². The third-order valence-electron chi connectivity index (χ3n) is 2.87. The van der Waals surface area contributed by atoms with E-state index in [1.165, 1.54) is 6.21 Å². The fourth-order valence-corrected chi connectivity index (χ4v) is 1.99. The van der Waals surface area contributed by atoms with Gasteiger partial charge in [0.05, 0.1) is 6.21 Å². The zero-order valence-electron chi connectivity index (χ0n) is 12.5. The van der Waals surface area contributed by atoms with Gasteiger partial charge in [0.2, 0.25) is 0 Å². The van der Waals surface area contributed by atoms with Crippen LogP contribution in [0.2, 0.25) is 0 Å². The third-order valence-corrected chi connectivity index (χ3v) is 2.87. The van der Waals surface area contributed by atoms with Gasteiger partial charge in [-0.3, -0.25) is 9.59 Å². The van der Waals surface area contributed by atoms with Crippen molar-refractivity contribution >= 4 is 23.7 Å². The lowest BCUT2D eigenvalue weighted by molar-refractivity contribution is -0.136. The van der Waals surface area contributed by atoms with E-state index in [1.807, 2.05) is 50.2 Å². The Labute approximate surface area is 129 Å². The van der Waals surface area contributed by atoms with Crippen molar-refractivity contribution in [3.8, 4) is 0 Å². The average Bonchev–Trinajstić information content (AvgIpc) is 2.47. The fraction of sp³-hybridized carbons (Fsp3) is 0.118. The van der Waals surface area contributed by atoms with E-state index in [0.717, 1.165) is 16.7 Å². The van der Waals surface area contributed by atoms with Crippen LogP contribution in [-0.2, 0) is 9.59 Å². The number of carbonyl (C=O) groups excluding carboxylic acids is 2. The number of benzene rings is 2. The van der Waals surface area contributed by atoms with Gasteiger partial charge >= 0.3 is 11.8 Å². The highest BCUT2D eigenvalue weighted by Gasteiger charge is 2.12. The maximum absolute atomic E-state index is 11.8. The first kappa shape index (κ1) is 15.4. The fourth-order valence-electron chi connectivity index (χ4n) is 1.99. The Balaban J connectivity index is 1.92. The van der Waals surface area contributed by atoms with Crippen molar-refractivity contribution in [2.75, 3.05) is 5.32 Å². The minimum Gasteiger partial charge on any atom is -0.318 e. The smallest absolute Gasteiger partial charge is 0.318 e. The number of hydrogen-bond donors (Lipinski definition) is 2. The van der Waals surface area contributed by atoms with E-state index >= 15 is 0 Å². The Kier molecular flexibility index (Phi) is 5.03. The molecule has 2 aromatic rings. The number of hydrogen-bond acceptors (Lipinski definition) is 3. The standard InChI is InChI=1S/C17H17N3O2/c1-12-8-13(2)10-15(9-12)19-16(21)17(22)20-18-11-14-6-4-3-5-7-14/h3-11H,1-2H3,(H,19,21)(H,20,22)/b18-11-. The topological polar surface area (TPSA) is 70.6 Å². The molecule has 0 aromatic heterocycles. The second-order valence-electron chi connectivity index (χ2n) is 4.94. The molecule has 2 rings (SSSR count). The zero-order chi connectivity index (χ0) is 15.9. The van der Waals surface area contributed by atoms with Gasteiger partial charge in [-0.05, 0) is 42.7 Å². The van der Waals surface area contributed by atoms with Crippen LogP contribution in [0.3, 0.4) is 0 Å². The molecule has 2 aromatic carbocycles. The number of hydrazone groups is 1. The van der Waals surface area contributed by atoms with E-state index in [-0.39, 0.29) is 0 Å².